The van der Waals surface area contributed by atoms with Crippen molar-refractivity contribution in [2.75, 3.05) is 0 Å². The highest BCUT2D eigenvalue weighted by Crippen LogP contribution is 2.18. The van der Waals surface area contributed by atoms with Crippen LogP contribution in [0.1, 0.15) is 26.3 Å². The highest BCUT2D eigenvalue weighted by molar-refractivity contribution is 5.79. The normalized spacial score (nSPS) is 12.6. The van der Waals surface area contributed by atoms with Crippen molar-refractivity contribution in [2.45, 2.75) is 33.4 Å². The zero-order chi connectivity index (χ0) is 14.5. The van der Waals surface area contributed by atoms with Gasteiger partial charge in [-0.2, -0.15) is 0 Å². The number of hydrogen-bond donors (Lipinski definition) is 1. The summed E-state index contributed by atoms with van der Waals surface area (Å²) < 4.78 is 4.96. The number of rotatable bonds is 4. The molecule has 0 aliphatic heterocycles. The lowest BCUT2D eigenvalue weighted by atomic mass is 9.87. The van der Waals surface area contributed by atoms with E-state index in [0.29, 0.717) is 0 Å². The Morgan fingerprint density at radius 2 is 1.84 bits per heavy atom. The van der Waals surface area contributed by atoms with E-state index in [2.05, 4.69) is 5.32 Å². The van der Waals surface area contributed by atoms with Crippen molar-refractivity contribution in [3.63, 3.8) is 0 Å². The molecule has 0 bridgehead atoms. The van der Waals surface area contributed by atoms with Gasteiger partial charge in [0.1, 0.15) is 6.61 Å². The summed E-state index contributed by atoms with van der Waals surface area (Å²) in [5.74, 6) is -1.33. The van der Waals surface area contributed by atoms with Crippen molar-refractivity contribution in [3.8, 4) is 0 Å². The Kier molecular flexibility index (Phi) is 4.92. The van der Waals surface area contributed by atoms with Crippen LogP contribution in [0, 0.1) is 5.41 Å². The van der Waals surface area contributed by atoms with Crippen LogP contribution in [0.4, 0.5) is 4.79 Å². The SMILES string of the molecule is CC(C)(C)[C@H](NC(=O)OCc1ccccc1)C(=O)[O-]. The minimum Gasteiger partial charge on any atom is -0.548 e. The highest BCUT2D eigenvalue weighted by atomic mass is 16.5. The van der Waals surface area contributed by atoms with Gasteiger partial charge in [-0.3, -0.25) is 0 Å². The Morgan fingerprint density at radius 3 is 2.32 bits per heavy atom. The summed E-state index contributed by atoms with van der Waals surface area (Å²) in [7, 11) is 0. The van der Waals surface area contributed by atoms with E-state index in [-0.39, 0.29) is 6.61 Å². The summed E-state index contributed by atoms with van der Waals surface area (Å²) in [4.78, 5) is 22.5. The van der Waals surface area contributed by atoms with Crippen LogP contribution in [0.2, 0.25) is 0 Å². The molecule has 0 saturated heterocycles. The van der Waals surface area contributed by atoms with Crippen LogP contribution >= 0.6 is 0 Å². The number of amides is 1. The molecule has 0 aromatic heterocycles. The van der Waals surface area contributed by atoms with Gasteiger partial charge in [-0.05, 0) is 11.0 Å². The summed E-state index contributed by atoms with van der Waals surface area (Å²) in [6.45, 7) is 5.19. The predicted octanol–water partition coefficient (Wildman–Crippen LogP) is 1.08. The molecule has 0 saturated carbocycles. The van der Waals surface area contributed by atoms with Gasteiger partial charge in [-0.25, -0.2) is 4.79 Å². The van der Waals surface area contributed by atoms with Gasteiger partial charge < -0.3 is 20.0 Å². The number of carboxylic acids is 1. The molecule has 0 aliphatic carbocycles. The Bertz CT molecular complexity index is 437. The van der Waals surface area contributed by atoms with E-state index < -0.39 is 23.5 Å². The molecule has 0 radical (unpaired) electrons. The van der Waals surface area contributed by atoms with E-state index in [1.165, 1.54) is 0 Å². The average Bonchev–Trinajstić information content (AvgIpc) is 2.33. The zero-order valence-corrected chi connectivity index (χ0v) is 11.3. The molecule has 0 fully saturated rings. The molecule has 104 valence electrons. The Morgan fingerprint density at radius 1 is 1.26 bits per heavy atom. The van der Waals surface area contributed by atoms with Crippen molar-refractivity contribution in [3.05, 3.63) is 35.9 Å². The molecule has 5 nitrogen and oxygen atoms in total. The maximum atomic E-state index is 11.6. The summed E-state index contributed by atoms with van der Waals surface area (Å²) in [5, 5.41) is 13.3. The van der Waals surface area contributed by atoms with E-state index in [1.807, 2.05) is 30.3 Å². The third-order valence-electron chi connectivity index (χ3n) is 2.58. The number of carboxylic acid groups (broad SMARTS) is 1. The average molecular weight is 264 g/mol. The molecular formula is C14H18NO4-. The largest absolute Gasteiger partial charge is 0.548 e. The van der Waals surface area contributed by atoms with Crippen molar-refractivity contribution in [1.82, 2.24) is 5.32 Å². The van der Waals surface area contributed by atoms with Gasteiger partial charge >= 0.3 is 6.09 Å². The maximum Gasteiger partial charge on any atom is 0.408 e. The third kappa shape index (κ3) is 4.99. The van der Waals surface area contributed by atoms with Gasteiger partial charge in [0.05, 0.1) is 12.0 Å². The molecule has 0 unspecified atom stereocenters. The molecule has 5 heteroatoms. The van der Waals surface area contributed by atoms with Crippen LogP contribution in [-0.2, 0) is 16.1 Å². The molecule has 0 aliphatic rings. The molecule has 1 aromatic carbocycles. The van der Waals surface area contributed by atoms with Gasteiger partial charge in [0.15, 0.2) is 0 Å². The first-order chi connectivity index (χ1) is 8.80. The van der Waals surface area contributed by atoms with E-state index in [9.17, 15) is 14.7 Å². The van der Waals surface area contributed by atoms with E-state index >= 15 is 0 Å². The standard InChI is InChI=1S/C14H19NO4/c1-14(2,3)11(12(16)17)15-13(18)19-9-10-7-5-4-6-8-10/h4-8,11H,9H2,1-3H3,(H,15,18)(H,16,17)/p-1/t11-/m1/s1. The first-order valence-electron chi connectivity index (χ1n) is 5.99. The number of carbonyl (C=O) groups is 2. The van der Waals surface area contributed by atoms with Gasteiger partial charge in [0, 0.05) is 0 Å². The van der Waals surface area contributed by atoms with E-state index in [1.54, 1.807) is 20.8 Å². The first kappa shape index (κ1) is 15.0. The molecule has 19 heavy (non-hydrogen) atoms. The molecule has 1 atom stereocenters. The van der Waals surface area contributed by atoms with Crippen LogP contribution in [0.3, 0.4) is 0 Å². The number of alkyl carbamates (subject to hydrolysis) is 1. The van der Waals surface area contributed by atoms with Gasteiger partial charge in [0.25, 0.3) is 0 Å². The summed E-state index contributed by atoms with van der Waals surface area (Å²) in [5.41, 5.74) is 0.184. The smallest absolute Gasteiger partial charge is 0.408 e. The van der Waals surface area contributed by atoms with Crippen molar-refractivity contribution < 1.29 is 19.4 Å². The lowest BCUT2D eigenvalue weighted by molar-refractivity contribution is -0.310. The fraction of sp³-hybridized carbons (Fsp3) is 0.429. The van der Waals surface area contributed by atoms with Crippen molar-refractivity contribution in [1.29, 1.82) is 0 Å². The number of carbonyl (C=O) groups excluding carboxylic acids is 2. The summed E-state index contributed by atoms with van der Waals surface area (Å²) in [6, 6.07) is 8.04. The number of benzene rings is 1. The van der Waals surface area contributed by atoms with Gasteiger partial charge in [-0.15, -0.1) is 0 Å². The highest BCUT2D eigenvalue weighted by Gasteiger charge is 2.27. The van der Waals surface area contributed by atoms with Gasteiger partial charge in [0.2, 0.25) is 0 Å². The number of aliphatic carboxylic acids is 1. The second kappa shape index (κ2) is 6.22. The number of nitrogens with one attached hydrogen (secondary N) is 1. The molecule has 0 spiro atoms. The Balaban J connectivity index is 2.52. The lowest BCUT2D eigenvalue weighted by Gasteiger charge is -2.31. The fourth-order valence-corrected chi connectivity index (χ4v) is 1.51. The molecule has 1 amide bonds. The molecule has 1 aromatic rings. The molecule has 1 N–H and O–H groups in total. The summed E-state index contributed by atoms with van der Waals surface area (Å²) in [6.07, 6.45) is -0.770. The molecule has 1 rings (SSSR count). The predicted molar refractivity (Wildman–Crippen MR) is 68.0 cm³/mol. The number of hydrogen-bond acceptors (Lipinski definition) is 4. The maximum absolute atomic E-state index is 11.6. The van der Waals surface area contributed by atoms with Crippen molar-refractivity contribution in [2.24, 2.45) is 5.41 Å². The fourth-order valence-electron chi connectivity index (χ4n) is 1.51. The van der Waals surface area contributed by atoms with Gasteiger partial charge in [-0.1, -0.05) is 51.1 Å². The van der Waals surface area contributed by atoms with Crippen LogP contribution < -0.4 is 10.4 Å². The number of ether oxygens (including phenoxy) is 1. The second-order valence-electron chi connectivity index (χ2n) is 5.32. The Labute approximate surface area is 112 Å². The van der Waals surface area contributed by atoms with Crippen molar-refractivity contribution >= 4 is 12.1 Å². The van der Waals surface area contributed by atoms with Crippen LogP contribution in [0.15, 0.2) is 30.3 Å². The van der Waals surface area contributed by atoms with Crippen LogP contribution in [0.5, 0.6) is 0 Å². The molecular weight excluding hydrogens is 246 g/mol. The topological polar surface area (TPSA) is 78.5 Å². The van der Waals surface area contributed by atoms with E-state index in [0.717, 1.165) is 5.56 Å². The Hall–Kier alpha value is -2.04. The lowest BCUT2D eigenvalue weighted by Crippen LogP contribution is -2.54. The van der Waals surface area contributed by atoms with Crippen LogP contribution in [0.25, 0.3) is 0 Å². The second-order valence-corrected chi connectivity index (χ2v) is 5.32. The van der Waals surface area contributed by atoms with Crippen LogP contribution in [-0.4, -0.2) is 18.1 Å². The first-order valence-corrected chi connectivity index (χ1v) is 5.99. The summed E-state index contributed by atoms with van der Waals surface area (Å²) >= 11 is 0. The monoisotopic (exact) mass is 264 g/mol. The third-order valence-corrected chi connectivity index (χ3v) is 2.58. The quantitative estimate of drug-likeness (QED) is 0.882. The minimum atomic E-state index is -1.33. The van der Waals surface area contributed by atoms with E-state index in [4.69, 9.17) is 4.74 Å². The minimum absolute atomic E-state index is 0.0938. The molecule has 0 heterocycles. The zero-order valence-electron chi connectivity index (χ0n) is 11.3.